The summed E-state index contributed by atoms with van der Waals surface area (Å²) in [5.41, 5.74) is -1.18. The Balaban J connectivity index is 2.37. The number of ether oxygens (including phenoxy) is 2. The molecule has 2 rings (SSSR count). The van der Waals surface area contributed by atoms with Gasteiger partial charge in [-0.05, 0) is 49.5 Å². The Labute approximate surface area is 156 Å². The molecule has 0 amide bonds. The third-order valence-corrected chi connectivity index (χ3v) is 3.78. The summed E-state index contributed by atoms with van der Waals surface area (Å²) in [6, 6.07) is 6.32. The Morgan fingerprint density at radius 3 is 2.50 bits per heavy atom. The van der Waals surface area contributed by atoms with Gasteiger partial charge in [0.1, 0.15) is 17.1 Å². The van der Waals surface area contributed by atoms with E-state index in [0.717, 1.165) is 24.3 Å². The lowest BCUT2D eigenvalue weighted by Crippen LogP contribution is -2.07. The zero-order valence-corrected chi connectivity index (χ0v) is 14.7. The van der Waals surface area contributed by atoms with Gasteiger partial charge in [0, 0.05) is 6.07 Å². The van der Waals surface area contributed by atoms with Crippen LogP contribution in [0, 0.1) is 10.1 Å². The van der Waals surface area contributed by atoms with E-state index in [1.54, 1.807) is 6.92 Å². The first kappa shape index (κ1) is 19.9. The molecule has 10 heteroatoms. The summed E-state index contributed by atoms with van der Waals surface area (Å²) in [4.78, 5) is 10.5. The quantitative estimate of drug-likeness (QED) is 0.359. The summed E-state index contributed by atoms with van der Waals surface area (Å²) in [5.74, 6) is 0.0658. The third kappa shape index (κ3) is 4.61. The van der Waals surface area contributed by atoms with Crippen LogP contribution in [0.3, 0.4) is 0 Å². The predicted molar refractivity (Wildman–Crippen MR) is 93.0 cm³/mol. The summed E-state index contributed by atoms with van der Waals surface area (Å²) in [6.07, 6.45) is -4.54. The lowest BCUT2D eigenvalue weighted by molar-refractivity contribution is -0.385. The smallest absolute Gasteiger partial charge is 0.416 e. The third-order valence-electron chi connectivity index (χ3n) is 3.15. The predicted octanol–water partition coefficient (Wildman–Crippen LogP) is 5.77. The zero-order chi connectivity index (χ0) is 19.5. The first-order valence-electron chi connectivity index (χ1n) is 7.13. The maximum atomic E-state index is 12.7. The maximum absolute atomic E-state index is 12.7. The number of alkyl halides is 3. The highest BCUT2D eigenvalue weighted by atomic mass is 35.5. The lowest BCUT2D eigenvalue weighted by Gasteiger charge is -2.12. The van der Waals surface area contributed by atoms with Crippen molar-refractivity contribution in [3.05, 3.63) is 62.7 Å². The average Bonchev–Trinajstić information content (AvgIpc) is 2.55. The van der Waals surface area contributed by atoms with E-state index in [2.05, 4.69) is 0 Å². The van der Waals surface area contributed by atoms with Crippen LogP contribution in [0.4, 0.5) is 18.9 Å². The van der Waals surface area contributed by atoms with Gasteiger partial charge in [-0.25, -0.2) is 0 Å². The second kappa shape index (κ2) is 7.88. The van der Waals surface area contributed by atoms with Crippen LogP contribution in [0.25, 0.3) is 0 Å². The fraction of sp³-hybridized carbons (Fsp3) is 0.188. The van der Waals surface area contributed by atoms with E-state index in [1.807, 2.05) is 0 Å². The van der Waals surface area contributed by atoms with E-state index < -0.39 is 16.7 Å². The number of nitro groups is 1. The molecule has 2 aromatic rings. The number of rotatable bonds is 5. The first-order chi connectivity index (χ1) is 12.1. The fourth-order valence-corrected chi connectivity index (χ4v) is 2.50. The molecule has 0 atom stereocenters. The minimum Gasteiger partial charge on any atom is -0.483 e. The molecule has 0 aromatic heterocycles. The average molecular weight is 406 g/mol. The summed E-state index contributed by atoms with van der Waals surface area (Å²) >= 11 is 10.8. The molecule has 0 saturated carbocycles. The summed E-state index contributed by atoms with van der Waals surface area (Å²) in [5, 5.41) is 10.8. The molecular weight excluding hydrogens is 395 g/mol. The Morgan fingerprint density at radius 1 is 1.27 bits per heavy atom. The number of benzene rings is 2. The summed E-state index contributed by atoms with van der Waals surface area (Å²) < 4.78 is 48.6. The molecular formula is C16H11ClF3NO4S. The normalized spacial score (nSPS) is 11.1. The molecule has 138 valence electrons. The molecule has 0 unspecified atom stereocenters. The van der Waals surface area contributed by atoms with Crippen LogP contribution in [0.5, 0.6) is 11.5 Å². The molecule has 0 heterocycles. The Bertz CT molecular complexity index is 858. The Kier molecular flexibility index (Phi) is 6.04. The van der Waals surface area contributed by atoms with Gasteiger partial charge in [0.25, 0.3) is 5.69 Å². The first-order valence-corrected chi connectivity index (χ1v) is 7.92. The van der Waals surface area contributed by atoms with Crippen molar-refractivity contribution in [3.8, 4) is 11.5 Å². The molecule has 0 radical (unpaired) electrons. The minimum absolute atomic E-state index is 0.0207. The number of hydrogen-bond donors (Lipinski definition) is 0. The van der Waals surface area contributed by atoms with Gasteiger partial charge in [-0.3, -0.25) is 10.1 Å². The second-order valence-electron chi connectivity index (χ2n) is 4.90. The van der Waals surface area contributed by atoms with E-state index >= 15 is 0 Å². The molecule has 0 aliphatic rings. The highest BCUT2D eigenvalue weighted by Crippen LogP contribution is 2.37. The number of hydrogen-bond acceptors (Lipinski definition) is 5. The van der Waals surface area contributed by atoms with Crippen molar-refractivity contribution in [2.45, 2.75) is 13.1 Å². The lowest BCUT2D eigenvalue weighted by atomic mass is 10.1. The summed E-state index contributed by atoms with van der Waals surface area (Å²) in [7, 11) is 0. The second-order valence-corrected chi connectivity index (χ2v) is 5.68. The standard InChI is InChI=1S/C16H11ClF3NO4S/c1-2-24-15(26)11-8-10(4-5-13(11)21(22)23)25-14-6-3-9(7-12(14)17)16(18,19)20/h3-8H,2H2,1H3. The zero-order valence-electron chi connectivity index (χ0n) is 13.2. The molecule has 0 spiro atoms. The Morgan fingerprint density at radius 2 is 1.96 bits per heavy atom. The van der Waals surface area contributed by atoms with Crippen LogP contribution in [-0.4, -0.2) is 16.6 Å². The minimum atomic E-state index is -4.54. The Hall–Kier alpha value is -2.39. The van der Waals surface area contributed by atoms with Gasteiger partial charge >= 0.3 is 6.18 Å². The van der Waals surface area contributed by atoms with Crippen molar-refractivity contribution < 1.29 is 27.6 Å². The topological polar surface area (TPSA) is 61.6 Å². The van der Waals surface area contributed by atoms with Gasteiger partial charge < -0.3 is 9.47 Å². The van der Waals surface area contributed by atoms with Gasteiger partial charge in [-0.15, -0.1) is 0 Å². The number of thiocarbonyl (C=S) groups is 1. The molecule has 0 bridgehead atoms. The summed E-state index contributed by atoms with van der Waals surface area (Å²) in [6.45, 7) is 1.88. The molecule has 0 fully saturated rings. The monoisotopic (exact) mass is 405 g/mol. The van der Waals surface area contributed by atoms with Gasteiger partial charge in [-0.1, -0.05) is 11.6 Å². The van der Waals surface area contributed by atoms with Crippen LogP contribution in [-0.2, 0) is 10.9 Å². The van der Waals surface area contributed by atoms with Gasteiger partial charge in [0.05, 0.1) is 22.1 Å². The van der Waals surface area contributed by atoms with Crippen molar-refractivity contribution in [1.29, 1.82) is 0 Å². The van der Waals surface area contributed by atoms with E-state index in [1.165, 1.54) is 12.1 Å². The van der Waals surface area contributed by atoms with E-state index in [-0.39, 0.29) is 39.4 Å². The molecule has 0 aliphatic carbocycles. The van der Waals surface area contributed by atoms with Crippen LogP contribution < -0.4 is 4.74 Å². The highest BCUT2D eigenvalue weighted by Gasteiger charge is 2.31. The van der Waals surface area contributed by atoms with Crippen molar-refractivity contribution in [2.24, 2.45) is 0 Å². The van der Waals surface area contributed by atoms with Crippen molar-refractivity contribution in [1.82, 2.24) is 0 Å². The molecule has 2 aromatic carbocycles. The van der Waals surface area contributed by atoms with Crippen molar-refractivity contribution in [3.63, 3.8) is 0 Å². The van der Waals surface area contributed by atoms with Crippen LogP contribution in [0.15, 0.2) is 36.4 Å². The number of nitro benzene ring substituents is 1. The van der Waals surface area contributed by atoms with E-state index in [4.69, 9.17) is 33.3 Å². The van der Waals surface area contributed by atoms with E-state index in [0.29, 0.717) is 0 Å². The SMILES string of the molecule is CCOC(=S)c1cc(Oc2ccc(C(F)(F)F)cc2Cl)ccc1[N+](=O)[O-]. The van der Waals surface area contributed by atoms with Gasteiger partial charge in [-0.2, -0.15) is 13.2 Å². The molecule has 0 N–H and O–H groups in total. The fourth-order valence-electron chi connectivity index (χ4n) is 2.00. The van der Waals surface area contributed by atoms with Crippen molar-refractivity contribution in [2.75, 3.05) is 6.61 Å². The number of nitrogens with zero attached hydrogens (tertiary/aromatic N) is 1. The van der Waals surface area contributed by atoms with Crippen LogP contribution in [0.1, 0.15) is 18.1 Å². The molecule has 26 heavy (non-hydrogen) atoms. The largest absolute Gasteiger partial charge is 0.483 e. The van der Waals surface area contributed by atoms with Crippen LogP contribution in [0.2, 0.25) is 5.02 Å². The molecule has 0 saturated heterocycles. The highest BCUT2D eigenvalue weighted by molar-refractivity contribution is 7.80. The van der Waals surface area contributed by atoms with Crippen LogP contribution >= 0.6 is 23.8 Å². The molecule has 5 nitrogen and oxygen atoms in total. The number of halogens is 4. The van der Waals surface area contributed by atoms with Crippen molar-refractivity contribution >= 4 is 34.6 Å². The van der Waals surface area contributed by atoms with E-state index in [9.17, 15) is 23.3 Å². The molecule has 0 aliphatic heterocycles. The van der Waals surface area contributed by atoms with Gasteiger partial charge in [0.15, 0.2) is 5.05 Å². The maximum Gasteiger partial charge on any atom is 0.416 e. The van der Waals surface area contributed by atoms with Gasteiger partial charge in [0.2, 0.25) is 0 Å².